The third-order valence-corrected chi connectivity index (χ3v) is 9.22. The number of aromatic nitrogens is 3. The number of amides is 5. The number of nitrogens with one attached hydrogen (secondary N) is 4. The summed E-state index contributed by atoms with van der Waals surface area (Å²) in [5, 5.41) is 27.4. The molecule has 15 nitrogen and oxygen atoms in total. The molecule has 3 heterocycles. The number of pyridine rings is 1. The standard InChI is InChI=1S/C38H54N8O7/c1-9-11-26(31(47)34(49)40-22-12-13-22)42-33(48)28-19-24(21-45(28)35(50)32(37(2,3)4)43-36(51)44-38(5,6)7)53-29-20-30(46-17-10-16-39-46)41-27-18-23(52-8)14-15-25(27)29/h10,14-18,20,22,24,26,28,31-32,47H,9,11-13,19,21H2,1-8H3,(H,40,49)(H,42,48)(H2,43,44,51)/t24-,26+,28+,31?,32-/m1/s1. The number of rotatable bonds is 13. The van der Waals surface area contributed by atoms with Gasteiger partial charge in [0.15, 0.2) is 11.9 Å². The van der Waals surface area contributed by atoms with Crippen LogP contribution in [0, 0.1) is 5.41 Å². The number of nitrogens with zero attached hydrogens (tertiary/aromatic N) is 4. The number of hydrogen-bond acceptors (Lipinski definition) is 9. The minimum Gasteiger partial charge on any atom is -0.497 e. The molecule has 3 aromatic rings. The summed E-state index contributed by atoms with van der Waals surface area (Å²) in [5.74, 6) is 0.0287. The van der Waals surface area contributed by atoms with Crippen molar-refractivity contribution in [2.24, 2.45) is 5.41 Å². The first-order valence-corrected chi connectivity index (χ1v) is 18.3. The first-order chi connectivity index (χ1) is 25.0. The Morgan fingerprint density at radius 3 is 2.40 bits per heavy atom. The summed E-state index contributed by atoms with van der Waals surface area (Å²) in [5.41, 5.74) is -0.708. The van der Waals surface area contributed by atoms with E-state index in [1.54, 1.807) is 48.5 Å². The predicted octanol–water partition coefficient (Wildman–Crippen LogP) is 3.21. The van der Waals surface area contributed by atoms with Crippen LogP contribution in [0.15, 0.2) is 42.7 Å². The van der Waals surface area contributed by atoms with Gasteiger partial charge in [0.2, 0.25) is 11.8 Å². The molecule has 5 atom stereocenters. The summed E-state index contributed by atoms with van der Waals surface area (Å²) in [6, 6.07) is 5.54. The number of fused-ring (bicyclic) bond motifs is 1. The van der Waals surface area contributed by atoms with Crippen molar-refractivity contribution in [3.8, 4) is 17.3 Å². The zero-order valence-corrected chi connectivity index (χ0v) is 31.9. The first-order valence-electron chi connectivity index (χ1n) is 18.3. The van der Waals surface area contributed by atoms with E-state index in [1.165, 1.54) is 4.90 Å². The zero-order chi connectivity index (χ0) is 38.7. The number of ether oxygens (including phenoxy) is 2. The molecule has 2 aromatic heterocycles. The molecule has 15 heteroatoms. The van der Waals surface area contributed by atoms with Crippen LogP contribution in [0.3, 0.4) is 0 Å². The number of methoxy groups -OCH3 is 1. The van der Waals surface area contributed by atoms with Crippen molar-refractivity contribution in [2.75, 3.05) is 13.7 Å². The number of carbonyl (C=O) groups excluding carboxylic acids is 4. The highest BCUT2D eigenvalue weighted by atomic mass is 16.5. The van der Waals surface area contributed by atoms with E-state index in [0.29, 0.717) is 41.1 Å². The molecule has 1 aliphatic carbocycles. The molecule has 2 aliphatic rings. The molecule has 5 N–H and O–H groups in total. The van der Waals surface area contributed by atoms with E-state index in [9.17, 15) is 24.3 Å². The molecule has 5 rings (SSSR count). The summed E-state index contributed by atoms with van der Waals surface area (Å²) >= 11 is 0. The second-order valence-electron chi connectivity index (χ2n) is 16.1. The van der Waals surface area contributed by atoms with Crippen molar-refractivity contribution in [3.05, 3.63) is 42.7 Å². The van der Waals surface area contributed by atoms with E-state index in [1.807, 2.05) is 54.5 Å². The largest absolute Gasteiger partial charge is 0.497 e. The lowest BCUT2D eigenvalue weighted by Crippen LogP contribution is -2.61. The van der Waals surface area contributed by atoms with Crippen LogP contribution in [0.1, 0.15) is 80.6 Å². The Bertz CT molecular complexity index is 1780. The van der Waals surface area contributed by atoms with E-state index < -0.39 is 65.0 Å². The third-order valence-electron chi connectivity index (χ3n) is 9.22. The highest BCUT2D eigenvalue weighted by Gasteiger charge is 2.47. The SMILES string of the molecule is CCC[C@H](NC(=O)[C@@H]1C[C@@H](Oc2cc(-n3cccn3)nc3cc(OC)ccc23)CN1C(=O)[C@@H](NC(=O)NC(C)(C)C)C(C)(C)C)C(O)C(=O)NC1CC1. The molecule has 288 valence electrons. The molecule has 1 saturated carbocycles. The maximum absolute atomic E-state index is 14.6. The highest BCUT2D eigenvalue weighted by molar-refractivity contribution is 5.94. The maximum atomic E-state index is 14.6. The topological polar surface area (TPSA) is 189 Å². The minimum absolute atomic E-state index is 0.0201. The Morgan fingerprint density at radius 2 is 1.79 bits per heavy atom. The van der Waals surface area contributed by atoms with Crippen molar-refractivity contribution in [2.45, 2.75) is 122 Å². The van der Waals surface area contributed by atoms with Gasteiger partial charge in [0.1, 0.15) is 29.7 Å². The fourth-order valence-electron chi connectivity index (χ4n) is 6.38. The smallest absolute Gasteiger partial charge is 0.315 e. The molecule has 1 aliphatic heterocycles. The van der Waals surface area contributed by atoms with Crippen LogP contribution in [-0.2, 0) is 14.4 Å². The Hall–Kier alpha value is -4.92. The van der Waals surface area contributed by atoms with Crippen molar-refractivity contribution in [3.63, 3.8) is 0 Å². The summed E-state index contributed by atoms with van der Waals surface area (Å²) in [6.45, 7) is 13.0. The quantitative estimate of drug-likeness (QED) is 0.176. The number of aliphatic hydroxyl groups excluding tert-OH is 1. The van der Waals surface area contributed by atoms with Gasteiger partial charge in [-0.2, -0.15) is 5.10 Å². The van der Waals surface area contributed by atoms with Crippen LogP contribution in [-0.4, -0.2) is 104 Å². The van der Waals surface area contributed by atoms with Gasteiger partial charge in [0.05, 0.1) is 25.2 Å². The van der Waals surface area contributed by atoms with Gasteiger partial charge in [-0.15, -0.1) is 0 Å². The predicted molar refractivity (Wildman–Crippen MR) is 199 cm³/mol. The van der Waals surface area contributed by atoms with Crippen LogP contribution < -0.4 is 30.7 Å². The Balaban J connectivity index is 1.48. The molecule has 0 bridgehead atoms. The van der Waals surface area contributed by atoms with Gasteiger partial charge < -0.3 is 40.7 Å². The number of benzene rings is 1. The number of hydrogen-bond donors (Lipinski definition) is 5. The van der Waals surface area contributed by atoms with E-state index in [2.05, 4.69) is 26.4 Å². The van der Waals surface area contributed by atoms with Crippen LogP contribution in [0.5, 0.6) is 11.5 Å². The average molecular weight is 735 g/mol. The van der Waals surface area contributed by atoms with Gasteiger partial charge in [0.25, 0.3) is 5.91 Å². The molecule has 1 unspecified atom stereocenters. The van der Waals surface area contributed by atoms with Crippen molar-refractivity contribution in [1.82, 2.24) is 40.9 Å². The molecule has 0 radical (unpaired) electrons. The van der Waals surface area contributed by atoms with Crippen LogP contribution in [0.25, 0.3) is 16.7 Å². The molecule has 0 spiro atoms. The van der Waals surface area contributed by atoms with Crippen molar-refractivity contribution in [1.29, 1.82) is 0 Å². The number of urea groups is 1. The zero-order valence-electron chi connectivity index (χ0n) is 31.9. The van der Waals surface area contributed by atoms with E-state index in [4.69, 9.17) is 14.5 Å². The van der Waals surface area contributed by atoms with Crippen LogP contribution in [0.4, 0.5) is 4.79 Å². The second kappa shape index (κ2) is 16.0. The van der Waals surface area contributed by atoms with Gasteiger partial charge in [-0.1, -0.05) is 34.1 Å². The minimum atomic E-state index is -1.47. The number of carbonyl (C=O) groups is 4. The molecular formula is C38H54N8O7. The lowest BCUT2D eigenvalue weighted by Gasteiger charge is -2.36. The first kappa shape index (κ1) is 39.3. The van der Waals surface area contributed by atoms with Crippen LogP contribution in [0.2, 0.25) is 0 Å². The van der Waals surface area contributed by atoms with E-state index in [-0.39, 0.29) is 19.0 Å². The Morgan fingerprint density at radius 1 is 1.06 bits per heavy atom. The average Bonchev–Trinajstić information content (AvgIpc) is 3.53. The van der Waals surface area contributed by atoms with Crippen molar-refractivity contribution >= 4 is 34.7 Å². The third kappa shape index (κ3) is 9.95. The molecule has 1 saturated heterocycles. The van der Waals surface area contributed by atoms with E-state index in [0.717, 1.165) is 12.8 Å². The maximum Gasteiger partial charge on any atom is 0.315 e. The lowest BCUT2D eigenvalue weighted by atomic mass is 9.85. The van der Waals surface area contributed by atoms with Gasteiger partial charge in [-0.05, 0) is 63.6 Å². The van der Waals surface area contributed by atoms with Crippen molar-refractivity contribution < 1.29 is 33.8 Å². The number of aliphatic hydroxyl groups is 1. The highest BCUT2D eigenvalue weighted by Crippen LogP contribution is 2.34. The fraction of sp³-hybridized carbons (Fsp3) is 0.579. The van der Waals surface area contributed by atoms with Gasteiger partial charge >= 0.3 is 6.03 Å². The monoisotopic (exact) mass is 734 g/mol. The van der Waals surface area contributed by atoms with Crippen LogP contribution >= 0.6 is 0 Å². The normalized spacial score (nSPS) is 19.2. The lowest BCUT2D eigenvalue weighted by molar-refractivity contribution is -0.143. The fourth-order valence-corrected chi connectivity index (χ4v) is 6.38. The summed E-state index contributed by atoms with van der Waals surface area (Å²) < 4.78 is 13.7. The molecule has 5 amide bonds. The van der Waals surface area contributed by atoms with Gasteiger partial charge in [-0.3, -0.25) is 14.4 Å². The Kier molecular flexibility index (Phi) is 11.9. The van der Waals surface area contributed by atoms with Gasteiger partial charge in [0, 0.05) is 47.9 Å². The molecule has 1 aromatic carbocycles. The summed E-state index contributed by atoms with van der Waals surface area (Å²) in [4.78, 5) is 61.0. The molecular weight excluding hydrogens is 680 g/mol. The summed E-state index contributed by atoms with van der Waals surface area (Å²) in [6.07, 6.45) is 4.00. The Labute approximate surface area is 310 Å². The number of likely N-dealkylation sites (tertiary alicyclic amines) is 1. The second-order valence-corrected chi connectivity index (χ2v) is 16.1. The molecule has 53 heavy (non-hydrogen) atoms. The summed E-state index contributed by atoms with van der Waals surface area (Å²) in [7, 11) is 1.57. The van der Waals surface area contributed by atoms with Gasteiger partial charge in [-0.25, -0.2) is 14.5 Å². The van der Waals surface area contributed by atoms with E-state index >= 15 is 0 Å². The molecule has 2 fully saturated rings.